The van der Waals surface area contributed by atoms with Gasteiger partial charge in [-0.05, 0) is 36.7 Å². The van der Waals surface area contributed by atoms with Crippen molar-refractivity contribution in [3.05, 3.63) is 52.2 Å². The SMILES string of the molecule is CNS(=O)(=O)c1cccc(C(=O)NC[C@H](c2cccs2)[NH+](C)C)c1. The van der Waals surface area contributed by atoms with Gasteiger partial charge in [-0.3, -0.25) is 4.79 Å². The molecule has 1 amide bonds. The number of thiophene rings is 1. The van der Waals surface area contributed by atoms with Gasteiger partial charge in [0.25, 0.3) is 5.91 Å². The first kappa shape index (κ1) is 18.6. The van der Waals surface area contributed by atoms with Crippen LogP contribution in [0.25, 0.3) is 0 Å². The highest BCUT2D eigenvalue weighted by Gasteiger charge is 2.20. The van der Waals surface area contributed by atoms with Crippen molar-refractivity contribution in [1.29, 1.82) is 0 Å². The van der Waals surface area contributed by atoms with Crippen LogP contribution < -0.4 is 14.9 Å². The summed E-state index contributed by atoms with van der Waals surface area (Å²) >= 11 is 1.66. The molecule has 0 bridgehead atoms. The second-order valence-corrected chi connectivity index (χ2v) is 8.46. The lowest BCUT2D eigenvalue weighted by Gasteiger charge is -2.20. The largest absolute Gasteiger partial charge is 0.346 e. The van der Waals surface area contributed by atoms with E-state index in [1.165, 1.54) is 29.0 Å². The van der Waals surface area contributed by atoms with Crippen molar-refractivity contribution in [2.45, 2.75) is 10.9 Å². The van der Waals surface area contributed by atoms with E-state index in [1.54, 1.807) is 23.5 Å². The van der Waals surface area contributed by atoms with Gasteiger partial charge in [-0.15, -0.1) is 11.3 Å². The zero-order valence-corrected chi connectivity index (χ0v) is 15.5. The molecule has 0 unspecified atom stereocenters. The van der Waals surface area contributed by atoms with E-state index in [9.17, 15) is 13.2 Å². The number of quaternary nitrogens is 1. The van der Waals surface area contributed by atoms with Crippen LogP contribution in [0.2, 0.25) is 0 Å². The minimum atomic E-state index is -3.57. The quantitative estimate of drug-likeness (QED) is 0.656. The average molecular weight is 369 g/mol. The van der Waals surface area contributed by atoms with Crippen molar-refractivity contribution in [3.63, 3.8) is 0 Å². The lowest BCUT2D eigenvalue weighted by Crippen LogP contribution is -3.06. The normalized spacial score (nSPS) is 13.0. The number of rotatable bonds is 7. The predicted octanol–water partition coefficient (Wildman–Crippen LogP) is 0.272. The molecule has 0 aliphatic heterocycles. The van der Waals surface area contributed by atoms with Crippen LogP contribution in [0, 0.1) is 0 Å². The lowest BCUT2D eigenvalue weighted by atomic mass is 10.2. The minimum absolute atomic E-state index is 0.0747. The molecule has 0 radical (unpaired) electrons. The third kappa shape index (κ3) is 4.41. The molecule has 3 N–H and O–H groups in total. The number of nitrogens with one attached hydrogen (secondary N) is 3. The molecule has 8 heteroatoms. The van der Waals surface area contributed by atoms with E-state index in [1.807, 2.05) is 25.5 Å². The molecule has 0 saturated heterocycles. The highest BCUT2D eigenvalue weighted by molar-refractivity contribution is 7.89. The first-order chi connectivity index (χ1) is 11.3. The first-order valence-electron chi connectivity index (χ1n) is 7.50. The Balaban J connectivity index is 2.11. The molecule has 1 aromatic carbocycles. The summed E-state index contributed by atoms with van der Waals surface area (Å²) in [5.41, 5.74) is 0.324. The molecule has 24 heavy (non-hydrogen) atoms. The summed E-state index contributed by atoms with van der Waals surface area (Å²) < 4.78 is 25.9. The molecule has 0 saturated carbocycles. The van der Waals surface area contributed by atoms with Crippen LogP contribution in [0.5, 0.6) is 0 Å². The average Bonchev–Trinajstić information content (AvgIpc) is 3.09. The van der Waals surface area contributed by atoms with Gasteiger partial charge >= 0.3 is 0 Å². The van der Waals surface area contributed by atoms with Crippen molar-refractivity contribution in [2.24, 2.45) is 0 Å². The second-order valence-electron chi connectivity index (χ2n) is 5.59. The van der Waals surface area contributed by atoms with E-state index in [2.05, 4.69) is 16.1 Å². The number of likely N-dealkylation sites (N-methyl/N-ethyl adjacent to an activating group) is 1. The number of hydrogen-bond acceptors (Lipinski definition) is 4. The number of carbonyl (C=O) groups is 1. The van der Waals surface area contributed by atoms with Crippen molar-refractivity contribution >= 4 is 27.3 Å². The van der Waals surface area contributed by atoms with Gasteiger partial charge in [-0.25, -0.2) is 13.1 Å². The summed E-state index contributed by atoms with van der Waals surface area (Å²) in [6, 6.07) is 10.2. The summed E-state index contributed by atoms with van der Waals surface area (Å²) in [7, 11) is 1.85. The second kappa shape index (κ2) is 7.89. The maximum Gasteiger partial charge on any atom is 0.251 e. The lowest BCUT2D eigenvalue weighted by molar-refractivity contribution is -0.890. The van der Waals surface area contributed by atoms with Crippen LogP contribution in [-0.4, -0.2) is 42.0 Å². The third-order valence-electron chi connectivity index (χ3n) is 3.73. The molecule has 2 rings (SSSR count). The van der Waals surface area contributed by atoms with Gasteiger partial charge in [-0.1, -0.05) is 12.1 Å². The Morgan fingerprint density at radius 2 is 2.00 bits per heavy atom. The fraction of sp³-hybridized carbons (Fsp3) is 0.312. The topological polar surface area (TPSA) is 79.7 Å². The predicted molar refractivity (Wildman–Crippen MR) is 94.9 cm³/mol. The van der Waals surface area contributed by atoms with Gasteiger partial charge in [0.2, 0.25) is 10.0 Å². The smallest absolute Gasteiger partial charge is 0.251 e. The minimum Gasteiger partial charge on any atom is -0.346 e. The number of carbonyl (C=O) groups excluding carboxylic acids is 1. The van der Waals surface area contributed by atoms with E-state index in [4.69, 9.17) is 0 Å². The number of benzene rings is 1. The summed E-state index contributed by atoms with van der Waals surface area (Å²) in [6.45, 7) is 0.477. The van der Waals surface area contributed by atoms with Crippen LogP contribution in [0.3, 0.4) is 0 Å². The fourth-order valence-electron chi connectivity index (χ4n) is 2.30. The molecular formula is C16H22N3O3S2+. The third-order valence-corrected chi connectivity index (χ3v) is 6.12. The Morgan fingerprint density at radius 3 is 2.58 bits per heavy atom. The van der Waals surface area contributed by atoms with E-state index < -0.39 is 10.0 Å². The van der Waals surface area contributed by atoms with Gasteiger partial charge in [-0.2, -0.15) is 0 Å². The summed E-state index contributed by atoms with van der Waals surface area (Å²) in [5, 5.41) is 4.91. The van der Waals surface area contributed by atoms with Crippen LogP contribution >= 0.6 is 11.3 Å². The molecule has 0 spiro atoms. The Labute approximate surface area is 146 Å². The highest BCUT2D eigenvalue weighted by atomic mass is 32.2. The maximum atomic E-state index is 12.4. The maximum absolute atomic E-state index is 12.4. The Bertz CT molecular complexity index is 787. The van der Waals surface area contributed by atoms with Crippen molar-refractivity contribution in [2.75, 3.05) is 27.7 Å². The number of hydrogen-bond donors (Lipinski definition) is 3. The Hall–Kier alpha value is -1.74. The van der Waals surface area contributed by atoms with Crippen LogP contribution in [0.15, 0.2) is 46.7 Å². The van der Waals surface area contributed by atoms with E-state index in [0.717, 1.165) is 0 Å². The van der Waals surface area contributed by atoms with Gasteiger partial charge < -0.3 is 10.2 Å². The van der Waals surface area contributed by atoms with E-state index >= 15 is 0 Å². The zero-order chi connectivity index (χ0) is 17.7. The summed E-state index contributed by atoms with van der Waals surface area (Å²) in [4.78, 5) is 14.9. The van der Waals surface area contributed by atoms with E-state index in [0.29, 0.717) is 12.1 Å². The van der Waals surface area contributed by atoms with Gasteiger partial charge in [0.1, 0.15) is 6.04 Å². The van der Waals surface area contributed by atoms with Crippen molar-refractivity contribution in [1.82, 2.24) is 10.0 Å². The summed E-state index contributed by atoms with van der Waals surface area (Å²) in [6.07, 6.45) is 0. The Morgan fingerprint density at radius 1 is 1.25 bits per heavy atom. The van der Waals surface area contributed by atoms with Crippen LogP contribution in [0.1, 0.15) is 21.3 Å². The molecule has 1 heterocycles. The van der Waals surface area contributed by atoms with Gasteiger partial charge in [0.05, 0.1) is 30.4 Å². The molecule has 6 nitrogen and oxygen atoms in total. The van der Waals surface area contributed by atoms with E-state index in [-0.39, 0.29) is 16.8 Å². The monoisotopic (exact) mass is 368 g/mol. The van der Waals surface area contributed by atoms with Crippen LogP contribution in [-0.2, 0) is 10.0 Å². The van der Waals surface area contributed by atoms with Gasteiger partial charge in [0, 0.05) is 5.56 Å². The van der Waals surface area contributed by atoms with Gasteiger partial charge in [0.15, 0.2) is 0 Å². The molecule has 1 atom stereocenters. The fourth-order valence-corrected chi connectivity index (χ4v) is 4.03. The molecule has 1 aromatic heterocycles. The molecular weight excluding hydrogens is 346 g/mol. The molecule has 2 aromatic rings. The number of amides is 1. The summed E-state index contributed by atoms with van der Waals surface area (Å²) in [5.74, 6) is -0.286. The van der Waals surface area contributed by atoms with Crippen molar-refractivity contribution in [3.8, 4) is 0 Å². The number of sulfonamides is 1. The molecule has 0 aliphatic rings. The Kier molecular flexibility index (Phi) is 6.11. The first-order valence-corrected chi connectivity index (χ1v) is 9.86. The molecule has 130 valence electrons. The highest BCUT2D eigenvalue weighted by Crippen LogP contribution is 2.16. The molecule has 0 fully saturated rings. The van der Waals surface area contributed by atoms with Crippen LogP contribution in [0.4, 0.5) is 0 Å². The van der Waals surface area contributed by atoms with Crippen molar-refractivity contribution < 1.29 is 18.1 Å². The molecule has 0 aliphatic carbocycles. The standard InChI is InChI=1S/C16H21N3O3S2/c1-17-24(21,22)13-7-4-6-12(10-13)16(20)18-11-14(19(2)3)15-8-5-9-23-15/h4-10,14,17H,11H2,1-3H3,(H,18,20)/p+1/t14-/m1/s1. The zero-order valence-electron chi connectivity index (χ0n) is 13.9.